The Hall–Kier alpha value is -1.40. The summed E-state index contributed by atoms with van der Waals surface area (Å²) >= 11 is 1.82. The highest BCUT2D eigenvalue weighted by Gasteiger charge is 2.27. The minimum Gasteiger partial charge on any atom is -0.469 e. The van der Waals surface area contributed by atoms with E-state index in [1.165, 1.54) is 17.6 Å². The third-order valence-electron chi connectivity index (χ3n) is 4.05. The number of fused-ring (bicyclic) bond motifs is 1. The Morgan fingerprint density at radius 1 is 1.50 bits per heavy atom. The number of esters is 1. The van der Waals surface area contributed by atoms with Crippen molar-refractivity contribution < 1.29 is 14.3 Å². The average Bonchev–Trinajstić information content (AvgIpc) is 2.99. The molecule has 0 aliphatic carbocycles. The van der Waals surface area contributed by atoms with Crippen molar-refractivity contribution in [2.45, 2.75) is 38.6 Å². The number of amides is 1. The van der Waals surface area contributed by atoms with Gasteiger partial charge in [-0.1, -0.05) is 6.92 Å². The monoisotopic (exact) mass is 324 g/mol. The number of rotatable bonds is 7. The number of thiophene rings is 1. The van der Waals surface area contributed by atoms with E-state index in [1.807, 2.05) is 11.3 Å². The van der Waals surface area contributed by atoms with E-state index in [2.05, 4.69) is 33.3 Å². The summed E-state index contributed by atoms with van der Waals surface area (Å²) in [6, 6.07) is 2.53. The van der Waals surface area contributed by atoms with Gasteiger partial charge in [-0.3, -0.25) is 14.5 Å². The predicted molar refractivity (Wildman–Crippen MR) is 86.9 cm³/mol. The first kappa shape index (κ1) is 17.0. The molecule has 1 aliphatic rings. The molecule has 0 radical (unpaired) electrons. The zero-order valence-electron chi connectivity index (χ0n) is 13.3. The van der Waals surface area contributed by atoms with Gasteiger partial charge in [-0.25, -0.2) is 0 Å². The maximum absolute atomic E-state index is 12.1. The fraction of sp³-hybridized carbons (Fsp3) is 0.625. The summed E-state index contributed by atoms with van der Waals surface area (Å²) in [6.45, 7) is 4.04. The van der Waals surface area contributed by atoms with Crippen LogP contribution in [0.1, 0.15) is 42.7 Å². The predicted octanol–water partition coefficient (Wildman–Crippen LogP) is 2.13. The van der Waals surface area contributed by atoms with Crippen LogP contribution >= 0.6 is 11.3 Å². The number of carbonyl (C=O) groups is 2. The van der Waals surface area contributed by atoms with Gasteiger partial charge in [0.2, 0.25) is 5.91 Å². The molecule has 1 aliphatic heterocycles. The van der Waals surface area contributed by atoms with E-state index in [0.717, 1.165) is 19.4 Å². The highest BCUT2D eigenvalue weighted by Crippen LogP contribution is 2.34. The third-order valence-corrected chi connectivity index (χ3v) is 5.04. The van der Waals surface area contributed by atoms with Crippen molar-refractivity contribution in [3.05, 3.63) is 21.9 Å². The summed E-state index contributed by atoms with van der Waals surface area (Å²) in [4.78, 5) is 26.8. The van der Waals surface area contributed by atoms with E-state index < -0.39 is 0 Å². The Balaban J connectivity index is 1.78. The number of hydrogen-bond acceptors (Lipinski definition) is 5. The molecular weight excluding hydrogens is 300 g/mol. The van der Waals surface area contributed by atoms with Crippen LogP contribution in [0, 0.1) is 0 Å². The summed E-state index contributed by atoms with van der Waals surface area (Å²) in [5, 5.41) is 5.03. The molecule has 0 spiro atoms. The number of nitrogens with zero attached hydrogens (tertiary/aromatic N) is 1. The molecule has 0 fully saturated rings. The molecule has 0 aromatic carbocycles. The van der Waals surface area contributed by atoms with Crippen LogP contribution in [0.4, 0.5) is 0 Å². The number of nitrogens with one attached hydrogen (secondary N) is 1. The lowest BCUT2D eigenvalue weighted by Gasteiger charge is -2.34. The standard InChI is InChI=1S/C16H24N2O3S/c1-3-13-12-7-10-22-14(12)6-9-18(13)11-15(19)17-8-4-5-16(20)21-2/h7,10,13H,3-6,8-9,11H2,1-2H3,(H,17,19). The molecule has 1 unspecified atom stereocenters. The zero-order valence-corrected chi connectivity index (χ0v) is 14.1. The summed E-state index contributed by atoms with van der Waals surface area (Å²) in [6.07, 6.45) is 3.00. The molecule has 1 amide bonds. The van der Waals surface area contributed by atoms with Gasteiger partial charge < -0.3 is 10.1 Å². The van der Waals surface area contributed by atoms with Gasteiger partial charge in [-0.15, -0.1) is 11.3 Å². The van der Waals surface area contributed by atoms with E-state index in [0.29, 0.717) is 32.0 Å². The minimum atomic E-state index is -0.235. The summed E-state index contributed by atoms with van der Waals surface area (Å²) < 4.78 is 4.57. The molecule has 0 saturated heterocycles. The highest BCUT2D eigenvalue weighted by atomic mass is 32.1. The molecule has 2 rings (SSSR count). The van der Waals surface area contributed by atoms with Crippen molar-refractivity contribution in [1.82, 2.24) is 10.2 Å². The largest absolute Gasteiger partial charge is 0.469 e. The molecule has 1 aromatic heterocycles. The second-order valence-corrected chi connectivity index (χ2v) is 6.47. The maximum Gasteiger partial charge on any atom is 0.305 e. The van der Waals surface area contributed by atoms with Crippen molar-refractivity contribution in [3.8, 4) is 0 Å². The van der Waals surface area contributed by atoms with Gasteiger partial charge in [0.25, 0.3) is 0 Å². The summed E-state index contributed by atoms with van der Waals surface area (Å²) in [5.41, 5.74) is 1.39. The van der Waals surface area contributed by atoms with Crippen LogP contribution in [0.3, 0.4) is 0 Å². The highest BCUT2D eigenvalue weighted by molar-refractivity contribution is 7.10. The van der Waals surface area contributed by atoms with Crippen molar-refractivity contribution >= 4 is 23.2 Å². The lowest BCUT2D eigenvalue weighted by atomic mass is 9.98. The average molecular weight is 324 g/mol. The van der Waals surface area contributed by atoms with Crippen molar-refractivity contribution in [2.75, 3.05) is 26.7 Å². The van der Waals surface area contributed by atoms with Crippen LogP contribution in [-0.2, 0) is 20.7 Å². The van der Waals surface area contributed by atoms with Crippen LogP contribution in [0.25, 0.3) is 0 Å². The molecule has 6 heteroatoms. The van der Waals surface area contributed by atoms with Gasteiger partial charge in [-0.05, 0) is 36.3 Å². The molecule has 22 heavy (non-hydrogen) atoms. The Morgan fingerprint density at radius 3 is 3.05 bits per heavy atom. The van der Waals surface area contributed by atoms with Gasteiger partial charge in [0.15, 0.2) is 0 Å². The van der Waals surface area contributed by atoms with E-state index in [4.69, 9.17) is 0 Å². The second kappa shape index (κ2) is 8.29. The first-order valence-electron chi connectivity index (χ1n) is 7.79. The van der Waals surface area contributed by atoms with Crippen LogP contribution in [0.15, 0.2) is 11.4 Å². The fourth-order valence-corrected chi connectivity index (χ4v) is 3.85. The molecule has 1 N–H and O–H groups in total. The topological polar surface area (TPSA) is 58.6 Å². The molecule has 2 heterocycles. The third kappa shape index (κ3) is 4.30. The Kier molecular flexibility index (Phi) is 6.39. The number of ether oxygens (including phenoxy) is 1. The van der Waals surface area contributed by atoms with E-state index in [1.54, 1.807) is 0 Å². The number of carbonyl (C=O) groups excluding carboxylic acids is 2. The molecule has 1 aromatic rings. The van der Waals surface area contributed by atoms with E-state index in [9.17, 15) is 9.59 Å². The van der Waals surface area contributed by atoms with Gasteiger partial charge in [0, 0.05) is 30.4 Å². The normalized spacial score (nSPS) is 17.8. The van der Waals surface area contributed by atoms with Gasteiger partial charge in [-0.2, -0.15) is 0 Å². The Labute approximate surface area is 135 Å². The molecular formula is C16H24N2O3S. The molecule has 0 bridgehead atoms. The summed E-state index contributed by atoms with van der Waals surface area (Å²) in [5.74, 6) is -0.205. The van der Waals surface area contributed by atoms with Crippen molar-refractivity contribution in [1.29, 1.82) is 0 Å². The van der Waals surface area contributed by atoms with Crippen LogP contribution < -0.4 is 5.32 Å². The van der Waals surface area contributed by atoms with Crippen molar-refractivity contribution in [3.63, 3.8) is 0 Å². The summed E-state index contributed by atoms with van der Waals surface area (Å²) in [7, 11) is 1.38. The van der Waals surface area contributed by atoms with E-state index >= 15 is 0 Å². The van der Waals surface area contributed by atoms with Crippen LogP contribution in [-0.4, -0.2) is 43.5 Å². The molecule has 122 valence electrons. The number of methoxy groups -OCH3 is 1. The van der Waals surface area contributed by atoms with Crippen molar-refractivity contribution in [2.24, 2.45) is 0 Å². The van der Waals surface area contributed by atoms with Crippen LogP contribution in [0.2, 0.25) is 0 Å². The zero-order chi connectivity index (χ0) is 15.9. The minimum absolute atomic E-state index is 0.0296. The van der Waals surface area contributed by atoms with Gasteiger partial charge in [0.1, 0.15) is 0 Å². The quantitative estimate of drug-likeness (QED) is 0.616. The first-order valence-corrected chi connectivity index (χ1v) is 8.67. The fourth-order valence-electron chi connectivity index (χ4n) is 2.92. The molecule has 0 saturated carbocycles. The lowest BCUT2D eigenvalue weighted by molar-refractivity contribution is -0.140. The van der Waals surface area contributed by atoms with Gasteiger partial charge in [0.05, 0.1) is 13.7 Å². The first-order chi connectivity index (χ1) is 10.7. The molecule has 5 nitrogen and oxygen atoms in total. The smallest absolute Gasteiger partial charge is 0.305 e. The SMILES string of the molecule is CCC1c2ccsc2CCN1CC(=O)NCCCC(=O)OC. The van der Waals surface area contributed by atoms with Gasteiger partial charge >= 0.3 is 5.97 Å². The maximum atomic E-state index is 12.1. The van der Waals surface area contributed by atoms with E-state index in [-0.39, 0.29) is 11.9 Å². The Morgan fingerprint density at radius 2 is 2.32 bits per heavy atom. The molecule has 1 atom stereocenters. The lowest BCUT2D eigenvalue weighted by Crippen LogP contribution is -2.42. The van der Waals surface area contributed by atoms with Crippen LogP contribution in [0.5, 0.6) is 0 Å². The second-order valence-electron chi connectivity index (χ2n) is 5.47. The number of hydrogen-bond donors (Lipinski definition) is 1. The Bertz CT molecular complexity index is 515.